The van der Waals surface area contributed by atoms with Gasteiger partial charge in [0.2, 0.25) is 5.91 Å². The van der Waals surface area contributed by atoms with E-state index in [-0.39, 0.29) is 12.5 Å². The van der Waals surface area contributed by atoms with E-state index in [1.165, 1.54) is 283 Å². The highest BCUT2D eigenvalue weighted by molar-refractivity contribution is 5.76. The van der Waals surface area contributed by atoms with Gasteiger partial charge in [0.1, 0.15) is 24.4 Å². The quantitative estimate of drug-likeness (QED) is 0.0261. The predicted octanol–water partition coefficient (Wildman–Crippen LogP) is 17.7. The zero-order valence-corrected chi connectivity index (χ0v) is 50.3. The third-order valence-electron chi connectivity index (χ3n) is 16.3. The van der Waals surface area contributed by atoms with Gasteiger partial charge in [-0.15, -0.1) is 0 Å². The fourth-order valence-corrected chi connectivity index (χ4v) is 11.0. The Morgan fingerprint density at radius 1 is 0.434 bits per heavy atom. The van der Waals surface area contributed by atoms with E-state index in [0.717, 1.165) is 38.5 Å². The van der Waals surface area contributed by atoms with Gasteiger partial charge in [0.15, 0.2) is 6.29 Å². The van der Waals surface area contributed by atoms with Crippen LogP contribution >= 0.6 is 0 Å². The average Bonchev–Trinajstić information content (AvgIpc) is 3.42. The van der Waals surface area contributed by atoms with Crippen LogP contribution in [0.5, 0.6) is 0 Å². The van der Waals surface area contributed by atoms with Gasteiger partial charge in [-0.3, -0.25) is 4.79 Å². The number of ether oxygens (including phenoxy) is 2. The molecule has 9 heteroatoms. The number of hydrogen-bond acceptors (Lipinski definition) is 8. The Hall–Kier alpha value is -1.33. The minimum atomic E-state index is -1.57. The maximum absolute atomic E-state index is 13.1. The first kappa shape index (κ1) is 72.7. The molecule has 0 bridgehead atoms. The van der Waals surface area contributed by atoms with Gasteiger partial charge in [-0.25, -0.2) is 0 Å². The number of aliphatic hydroxyl groups is 5. The van der Waals surface area contributed by atoms with Crippen LogP contribution < -0.4 is 5.32 Å². The van der Waals surface area contributed by atoms with E-state index in [9.17, 15) is 30.3 Å². The Bertz CT molecular complexity index is 1250. The van der Waals surface area contributed by atoms with Crippen molar-refractivity contribution in [3.63, 3.8) is 0 Å². The molecule has 1 aliphatic rings. The summed E-state index contributed by atoms with van der Waals surface area (Å²) >= 11 is 0. The molecule has 0 spiro atoms. The molecule has 1 heterocycles. The van der Waals surface area contributed by atoms with E-state index in [0.29, 0.717) is 6.42 Å². The lowest BCUT2D eigenvalue weighted by Crippen LogP contribution is -2.60. The molecule has 450 valence electrons. The van der Waals surface area contributed by atoms with Crippen molar-refractivity contribution >= 4 is 5.91 Å². The largest absolute Gasteiger partial charge is 0.394 e. The summed E-state index contributed by atoms with van der Waals surface area (Å²) < 4.78 is 11.3. The first-order chi connectivity index (χ1) is 37.3. The third kappa shape index (κ3) is 45.4. The second-order valence-electron chi connectivity index (χ2n) is 23.6. The Morgan fingerprint density at radius 2 is 0.737 bits per heavy atom. The number of hydrogen-bond donors (Lipinski definition) is 6. The number of allylic oxidation sites excluding steroid dienone is 3. The van der Waals surface area contributed by atoms with E-state index in [4.69, 9.17) is 9.47 Å². The van der Waals surface area contributed by atoms with Gasteiger partial charge in [-0.1, -0.05) is 314 Å². The summed E-state index contributed by atoms with van der Waals surface area (Å²) in [5, 5.41) is 54.7. The van der Waals surface area contributed by atoms with Gasteiger partial charge in [0.25, 0.3) is 0 Å². The number of unbranched alkanes of at least 4 members (excludes halogenated alkanes) is 47. The summed E-state index contributed by atoms with van der Waals surface area (Å²) in [6.45, 7) is 3.83. The molecule has 0 aromatic rings. The average molecular weight is 1080 g/mol. The van der Waals surface area contributed by atoms with Crippen LogP contribution in [0.1, 0.15) is 341 Å². The first-order valence-corrected chi connectivity index (χ1v) is 33.6. The van der Waals surface area contributed by atoms with Crippen LogP contribution in [0.4, 0.5) is 0 Å². The van der Waals surface area contributed by atoms with E-state index in [1.54, 1.807) is 6.08 Å². The van der Waals surface area contributed by atoms with Crippen LogP contribution in [0.3, 0.4) is 0 Å². The fourth-order valence-electron chi connectivity index (χ4n) is 11.0. The highest BCUT2D eigenvalue weighted by atomic mass is 16.7. The molecule has 0 aliphatic carbocycles. The van der Waals surface area contributed by atoms with Gasteiger partial charge in [0, 0.05) is 6.42 Å². The maximum Gasteiger partial charge on any atom is 0.220 e. The minimum absolute atomic E-state index is 0.169. The first-order valence-electron chi connectivity index (χ1n) is 33.6. The van der Waals surface area contributed by atoms with Crippen LogP contribution in [0.25, 0.3) is 0 Å². The molecule has 0 aromatic carbocycles. The van der Waals surface area contributed by atoms with E-state index < -0.39 is 49.5 Å². The normalized spacial score (nSPS) is 18.9. The second-order valence-corrected chi connectivity index (χ2v) is 23.6. The molecule has 1 fully saturated rings. The van der Waals surface area contributed by atoms with Gasteiger partial charge in [-0.2, -0.15) is 0 Å². The molecule has 1 aliphatic heterocycles. The predicted molar refractivity (Wildman–Crippen MR) is 323 cm³/mol. The minimum Gasteiger partial charge on any atom is -0.394 e. The lowest BCUT2D eigenvalue weighted by molar-refractivity contribution is -0.302. The standard InChI is InChI=1S/C67H129NO8/c1-3-5-7-9-11-13-15-17-19-21-23-25-27-29-30-31-32-33-35-37-39-41-43-45-47-49-51-53-55-57-63(71)68-60(59-75-67-66(74)65(73)64(72)62(58-69)76-67)61(70)56-54-52-50-48-46-44-42-40-38-36-34-28-26-24-22-20-18-16-14-12-10-8-6-4-2/h21,23,54,56,60-62,64-67,69-70,72-74H,3-20,22,24-53,55,57-59H2,1-2H3,(H,68,71)/b23-21-,56-54+. The number of nitrogens with one attached hydrogen (secondary N) is 1. The number of carbonyl (C=O) groups is 1. The number of amides is 1. The van der Waals surface area contributed by atoms with E-state index in [2.05, 4.69) is 31.3 Å². The van der Waals surface area contributed by atoms with Crippen molar-refractivity contribution in [2.24, 2.45) is 0 Å². The van der Waals surface area contributed by atoms with Crippen molar-refractivity contribution in [3.05, 3.63) is 24.3 Å². The zero-order valence-electron chi connectivity index (χ0n) is 50.3. The van der Waals surface area contributed by atoms with Crippen LogP contribution in [0, 0.1) is 0 Å². The maximum atomic E-state index is 13.1. The van der Waals surface area contributed by atoms with Gasteiger partial charge in [-0.05, 0) is 44.9 Å². The van der Waals surface area contributed by atoms with Crippen molar-refractivity contribution in [1.82, 2.24) is 5.32 Å². The zero-order chi connectivity index (χ0) is 55.0. The topological polar surface area (TPSA) is 149 Å². The molecule has 7 atom stereocenters. The summed E-state index contributed by atoms with van der Waals surface area (Å²) in [6.07, 6.45) is 67.0. The van der Waals surface area contributed by atoms with E-state index in [1.807, 2.05) is 6.08 Å². The van der Waals surface area contributed by atoms with Crippen LogP contribution in [0.15, 0.2) is 24.3 Å². The second kappa shape index (κ2) is 56.9. The van der Waals surface area contributed by atoms with Crippen molar-refractivity contribution in [2.75, 3.05) is 13.2 Å². The molecule has 76 heavy (non-hydrogen) atoms. The summed E-state index contributed by atoms with van der Waals surface area (Å²) in [4.78, 5) is 13.1. The van der Waals surface area contributed by atoms with Crippen molar-refractivity contribution in [3.8, 4) is 0 Å². The Balaban J connectivity index is 2.14. The molecular weight excluding hydrogens is 947 g/mol. The molecule has 7 unspecified atom stereocenters. The fraction of sp³-hybridized carbons (Fsp3) is 0.925. The molecule has 9 nitrogen and oxygen atoms in total. The highest BCUT2D eigenvalue weighted by Crippen LogP contribution is 2.23. The summed E-state index contributed by atoms with van der Waals surface area (Å²) in [7, 11) is 0. The molecule has 1 saturated heterocycles. The highest BCUT2D eigenvalue weighted by Gasteiger charge is 2.44. The molecule has 0 radical (unpaired) electrons. The Morgan fingerprint density at radius 3 is 1.07 bits per heavy atom. The summed E-state index contributed by atoms with van der Waals surface area (Å²) in [6, 6.07) is -0.803. The monoisotopic (exact) mass is 1080 g/mol. The lowest BCUT2D eigenvalue weighted by atomic mass is 9.99. The van der Waals surface area contributed by atoms with E-state index >= 15 is 0 Å². The smallest absolute Gasteiger partial charge is 0.220 e. The molecule has 0 aromatic heterocycles. The molecule has 0 saturated carbocycles. The Kier molecular flexibility index (Phi) is 54.4. The summed E-state index contributed by atoms with van der Waals surface area (Å²) in [5.74, 6) is -0.169. The van der Waals surface area contributed by atoms with Crippen molar-refractivity contribution < 1.29 is 39.8 Å². The third-order valence-corrected chi connectivity index (χ3v) is 16.3. The van der Waals surface area contributed by atoms with Gasteiger partial charge < -0.3 is 40.3 Å². The molecule has 6 N–H and O–H groups in total. The van der Waals surface area contributed by atoms with Gasteiger partial charge >= 0.3 is 0 Å². The van der Waals surface area contributed by atoms with Gasteiger partial charge in [0.05, 0.1) is 25.4 Å². The van der Waals surface area contributed by atoms with Crippen LogP contribution in [0.2, 0.25) is 0 Å². The van der Waals surface area contributed by atoms with Crippen molar-refractivity contribution in [1.29, 1.82) is 0 Å². The van der Waals surface area contributed by atoms with Crippen molar-refractivity contribution in [2.45, 2.75) is 384 Å². The molecule has 1 rings (SSSR count). The SMILES string of the molecule is CCCCCCCCCC/C=C\CCCCCCCCCCCCCCCCCCCC(=O)NC(COC1OC(CO)C(O)C(O)C1O)C(O)/C=C/CCCCCCCCCCCCCCCCCCCCCCCC. The molecular formula is C67H129NO8. The molecule has 1 amide bonds. The number of rotatable bonds is 59. The van der Waals surface area contributed by atoms with Crippen LogP contribution in [-0.2, 0) is 14.3 Å². The van der Waals surface area contributed by atoms with Crippen LogP contribution in [-0.4, -0.2) is 87.5 Å². The number of carbonyl (C=O) groups excluding carboxylic acids is 1. The Labute approximate surface area is 470 Å². The summed E-state index contributed by atoms with van der Waals surface area (Å²) in [5.41, 5.74) is 0. The lowest BCUT2D eigenvalue weighted by Gasteiger charge is -2.40. The number of aliphatic hydroxyl groups excluding tert-OH is 5.